The third kappa shape index (κ3) is 2.77. The van der Waals surface area contributed by atoms with Crippen molar-refractivity contribution in [2.45, 2.75) is 11.6 Å². The molecule has 12 heavy (non-hydrogen) atoms. The van der Waals surface area contributed by atoms with E-state index in [9.17, 15) is 0 Å². The van der Waals surface area contributed by atoms with E-state index in [2.05, 4.69) is 15.9 Å². The summed E-state index contributed by atoms with van der Waals surface area (Å²) in [5.74, 6) is 5.42. The van der Waals surface area contributed by atoms with Crippen LogP contribution in [0.2, 0.25) is 11.6 Å². The Morgan fingerprint density at radius 1 is 1.17 bits per heavy atom. The van der Waals surface area contributed by atoms with Crippen LogP contribution in [0, 0.1) is 0 Å². The summed E-state index contributed by atoms with van der Waals surface area (Å²) in [6.07, 6.45) is 0. The normalized spacial score (nSPS) is 9.25. The number of ether oxygens (including phenoxy) is 1. The zero-order valence-electron chi connectivity index (χ0n) is 7.79. The Morgan fingerprint density at radius 2 is 1.75 bits per heavy atom. The van der Waals surface area contributed by atoms with Crippen molar-refractivity contribution in [1.82, 2.24) is 0 Å². The topological polar surface area (TPSA) is 21.3 Å². The first kappa shape index (κ1) is 9.44. The minimum Gasteiger partial charge on any atom is -0.497 e. The van der Waals surface area contributed by atoms with E-state index in [0.717, 1.165) is 5.75 Å². The van der Waals surface area contributed by atoms with Crippen LogP contribution < -0.4 is 9.04 Å². The van der Waals surface area contributed by atoms with Crippen molar-refractivity contribution >= 4 is 20.1 Å². The molecule has 0 aliphatic carbocycles. The van der Waals surface area contributed by atoms with E-state index in [1.54, 1.807) is 7.11 Å². The van der Waals surface area contributed by atoms with E-state index < -0.39 is 14.4 Å². The molecule has 0 unspecified atom stereocenters. The maximum Gasteiger partial charge on any atom is 0.404 e. The fourth-order valence-corrected chi connectivity index (χ4v) is 1.88. The molecule has 0 atom stereocenters. The Morgan fingerprint density at radius 3 is 2.17 bits per heavy atom. The summed E-state index contributed by atoms with van der Waals surface area (Å²) in [5, 5.41) is 0. The molecule has 0 aliphatic rings. The summed E-state index contributed by atoms with van der Waals surface area (Å²) in [6.45, 7) is 0. The Labute approximate surface area is 78.2 Å². The molecule has 0 aliphatic heterocycles. The van der Waals surface area contributed by atoms with Crippen LogP contribution in [0.25, 0.3) is 0 Å². The van der Waals surface area contributed by atoms with Gasteiger partial charge in [-0.15, -0.1) is 0 Å². The first-order valence-electron chi connectivity index (χ1n) is 4.13. The maximum atomic E-state index is 5.06. The highest BCUT2D eigenvalue weighted by Crippen LogP contribution is 2.14. The molecule has 0 saturated carbocycles. The first-order valence-corrected chi connectivity index (χ1v) is 7.01. The van der Waals surface area contributed by atoms with Gasteiger partial charge in [0.25, 0.3) is 0 Å². The quantitative estimate of drug-likeness (QED) is 0.719. The summed E-state index contributed by atoms with van der Waals surface area (Å²) in [7, 11) is 1.68. The third-order valence-corrected chi connectivity index (χ3v) is 2.46. The van der Waals surface area contributed by atoms with Crippen LogP contribution in [0.1, 0.15) is 0 Å². The van der Waals surface area contributed by atoms with Gasteiger partial charge >= 0.3 is 14.4 Å². The second-order valence-corrected chi connectivity index (χ2v) is 5.63. The van der Waals surface area contributed by atoms with E-state index in [1.807, 2.05) is 24.3 Å². The lowest BCUT2D eigenvalue weighted by Crippen LogP contribution is -2.14. The van der Waals surface area contributed by atoms with Gasteiger partial charge in [-0.3, -0.25) is 0 Å². The van der Waals surface area contributed by atoms with Crippen LogP contribution in [0.5, 0.6) is 5.75 Å². The zero-order valence-corrected chi connectivity index (χ0v) is 8.95. The SMILES string of the molecule is COc1ccc([NH][Al]([CH3])[CH3])cc1. The average molecular weight is 179 g/mol. The lowest BCUT2D eigenvalue weighted by Gasteiger charge is -2.07. The maximum absolute atomic E-state index is 5.06. The fraction of sp³-hybridized carbons (Fsp3) is 0.333. The molecule has 1 rings (SSSR count). The van der Waals surface area contributed by atoms with E-state index in [-0.39, 0.29) is 0 Å². The molecular formula is C9H14AlNO. The van der Waals surface area contributed by atoms with Gasteiger partial charge < -0.3 is 9.04 Å². The van der Waals surface area contributed by atoms with Crippen molar-refractivity contribution in [3.8, 4) is 5.75 Å². The molecule has 1 aromatic carbocycles. The molecular weight excluding hydrogens is 165 g/mol. The Hall–Kier alpha value is -0.648. The minimum atomic E-state index is -0.713. The molecule has 0 fully saturated rings. The van der Waals surface area contributed by atoms with Crippen molar-refractivity contribution in [3.63, 3.8) is 0 Å². The number of nitrogens with one attached hydrogen (secondary N) is 1. The Bertz CT molecular complexity index is 233. The van der Waals surface area contributed by atoms with E-state index >= 15 is 0 Å². The van der Waals surface area contributed by atoms with Gasteiger partial charge in [-0.1, -0.05) is 11.6 Å². The molecule has 1 aromatic rings. The second kappa shape index (κ2) is 4.40. The molecule has 0 bridgehead atoms. The molecule has 0 saturated heterocycles. The first-order chi connectivity index (χ1) is 5.72. The highest BCUT2D eigenvalue weighted by molar-refractivity contribution is 6.59. The average Bonchev–Trinajstić information content (AvgIpc) is 2.05. The zero-order chi connectivity index (χ0) is 8.97. The number of hydrogen-bond acceptors (Lipinski definition) is 2. The molecule has 0 aromatic heterocycles. The predicted octanol–water partition coefficient (Wildman–Crippen LogP) is 2.36. The fourth-order valence-electron chi connectivity index (χ4n) is 1.02. The molecule has 0 heterocycles. The molecule has 1 N–H and O–H groups in total. The molecule has 0 spiro atoms. The van der Waals surface area contributed by atoms with Gasteiger partial charge in [-0.2, -0.15) is 0 Å². The molecule has 2 nitrogen and oxygen atoms in total. The van der Waals surface area contributed by atoms with Crippen molar-refractivity contribution in [1.29, 1.82) is 0 Å². The van der Waals surface area contributed by atoms with Crippen LogP contribution in [0.15, 0.2) is 24.3 Å². The number of benzene rings is 1. The van der Waals surface area contributed by atoms with Gasteiger partial charge in [0, 0.05) is 5.69 Å². The highest BCUT2D eigenvalue weighted by atomic mass is 27.2. The number of hydrogen-bond donors (Lipinski definition) is 1. The van der Waals surface area contributed by atoms with E-state index in [1.165, 1.54) is 5.69 Å². The van der Waals surface area contributed by atoms with Crippen molar-refractivity contribution in [2.75, 3.05) is 11.4 Å². The van der Waals surface area contributed by atoms with Crippen molar-refractivity contribution in [2.24, 2.45) is 0 Å². The summed E-state index contributed by atoms with van der Waals surface area (Å²) in [5.41, 5.74) is 1.19. The van der Waals surface area contributed by atoms with Gasteiger partial charge in [0.05, 0.1) is 7.11 Å². The third-order valence-electron chi connectivity index (χ3n) is 1.55. The number of rotatable bonds is 3. The molecule has 3 heteroatoms. The summed E-state index contributed by atoms with van der Waals surface area (Å²) in [4.78, 5) is 0. The molecule has 64 valence electrons. The van der Waals surface area contributed by atoms with Gasteiger partial charge in [-0.25, -0.2) is 0 Å². The monoisotopic (exact) mass is 179 g/mol. The molecule has 0 radical (unpaired) electrons. The second-order valence-electron chi connectivity index (χ2n) is 3.03. The van der Waals surface area contributed by atoms with Crippen LogP contribution in [0.3, 0.4) is 0 Å². The van der Waals surface area contributed by atoms with E-state index in [0.29, 0.717) is 0 Å². The van der Waals surface area contributed by atoms with Crippen LogP contribution in [-0.2, 0) is 0 Å². The number of anilines is 1. The summed E-state index contributed by atoms with van der Waals surface area (Å²) in [6, 6.07) is 8.04. The largest absolute Gasteiger partial charge is 0.497 e. The Kier molecular flexibility index (Phi) is 3.46. The summed E-state index contributed by atoms with van der Waals surface area (Å²) < 4.78 is 8.50. The predicted molar refractivity (Wildman–Crippen MR) is 54.1 cm³/mol. The lowest BCUT2D eigenvalue weighted by molar-refractivity contribution is 0.415. The van der Waals surface area contributed by atoms with Gasteiger partial charge in [0.15, 0.2) is 0 Å². The van der Waals surface area contributed by atoms with Crippen LogP contribution in [0.4, 0.5) is 5.69 Å². The standard InChI is InChI=1S/C7H8NO.2CH3.Al/c1-9-7-4-2-6(8)3-5-7;;;/h2-5,8H,1H3;2*1H3;/q-1;;;+1. The van der Waals surface area contributed by atoms with Crippen molar-refractivity contribution in [3.05, 3.63) is 24.3 Å². The van der Waals surface area contributed by atoms with Crippen LogP contribution >= 0.6 is 0 Å². The van der Waals surface area contributed by atoms with Crippen molar-refractivity contribution < 1.29 is 4.74 Å². The van der Waals surface area contributed by atoms with Crippen LogP contribution in [-0.4, -0.2) is 21.5 Å². The summed E-state index contributed by atoms with van der Waals surface area (Å²) >= 11 is -0.713. The lowest BCUT2D eigenvalue weighted by atomic mass is 10.3. The minimum absolute atomic E-state index is 0.713. The van der Waals surface area contributed by atoms with E-state index in [4.69, 9.17) is 4.74 Å². The van der Waals surface area contributed by atoms with Gasteiger partial charge in [0.1, 0.15) is 5.75 Å². The molecule has 0 amide bonds. The van der Waals surface area contributed by atoms with Gasteiger partial charge in [0.2, 0.25) is 0 Å². The number of methoxy groups -OCH3 is 1. The highest BCUT2D eigenvalue weighted by Gasteiger charge is 2.01. The van der Waals surface area contributed by atoms with Gasteiger partial charge in [-0.05, 0) is 24.3 Å². The Balaban J connectivity index is 2.65. The smallest absolute Gasteiger partial charge is 0.404 e.